The Morgan fingerprint density at radius 2 is 1.50 bits per heavy atom. The van der Waals surface area contributed by atoms with Crippen LogP contribution in [0.25, 0.3) is 22.0 Å². The summed E-state index contributed by atoms with van der Waals surface area (Å²) >= 11 is 0. The van der Waals surface area contributed by atoms with Crippen LogP contribution in [0.4, 0.5) is 0 Å². The van der Waals surface area contributed by atoms with Gasteiger partial charge in [0.2, 0.25) is 0 Å². The van der Waals surface area contributed by atoms with Crippen molar-refractivity contribution in [1.29, 1.82) is 0 Å². The van der Waals surface area contributed by atoms with E-state index in [2.05, 4.69) is 0 Å². The maximum atomic E-state index is 13.7. The number of hydrogen-bond acceptors (Lipinski definition) is 3. The molecule has 0 unspecified atom stereocenters. The Balaban J connectivity index is 2.07. The van der Waals surface area contributed by atoms with Crippen LogP contribution in [0.15, 0.2) is 83.8 Å². The van der Waals surface area contributed by atoms with Crippen molar-refractivity contribution in [3.63, 3.8) is 0 Å². The highest BCUT2D eigenvalue weighted by atomic mass is 32.2. The lowest BCUT2D eigenvalue weighted by Crippen LogP contribution is -2.16. The molecule has 1 aromatic heterocycles. The number of fused-ring (bicyclic) bond motifs is 1. The largest absolute Gasteiger partial charge is 0.300 e. The zero-order valence-electron chi connectivity index (χ0n) is 17.0. The fraction of sp³-hybridized carbons (Fsp3) is 0.160. The second kappa shape index (κ2) is 7.92. The SMILES string of the molecule is CC(=O)CCc1c(-c2ccccc2)c2ccccc2n1S(=O)(=O)c1ccc(C)cc1. The highest BCUT2D eigenvalue weighted by molar-refractivity contribution is 7.90. The van der Waals surface area contributed by atoms with E-state index in [9.17, 15) is 13.2 Å². The van der Waals surface area contributed by atoms with Crippen molar-refractivity contribution in [2.45, 2.75) is 31.6 Å². The van der Waals surface area contributed by atoms with E-state index in [-0.39, 0.29) is 17.1 Å². The smallest absolute Gasteiger partial charge is 0.268 e. The lowest BCUT2D eigenvalue weighted by molar-refractivity contribution is -0.117. The molecule has 4 nitrogen and oxygen atoms in total. The van der Waals surface area contributed by atoms with Crippen LogP contribution in [0.3, 0.4) is 0 Å². The highest BCUT2D eigenvalue weighted by Gasteiger charge is 2.27. The molecular formula is C25H23NO3S. The summed E-state index contributed by atoms with van der Waals surface area (Å²) in [5, 5.41) is 0.859. The molecule has 0 saturated carbocycles. The second-order valence-electron chi connectivity index (χ2n) is 7.49. The number of ketones is 1. The number of hydrogen-bond donors (Lipinski definition) is 0. The molecule has 3 aromatic carbocycles. The van der Waals surface area contributed by atoms with Crippen LogP contribution in [-0.4, -0.2) is 18.2 Å². The molecule has 0 fully saturated rings. The van der Waals surface area contributed by atoms with Crippen molar-refractivity contribution >= 4 is 26.7 Å². The van der Waals surface area contributed by atoms with E-state index in [1.54, 1.807) is 24.3 Å². The number of benzene rings is 3. The van der Waals surface area contributed by atoms with Gasteiger partial charge in [-0.1, -0.05) is 66.2 Å². The Morgan fingerprint density at radius 3 is 2.17 bits per heavy atom. The number of carbonyl (C=O) groups excluding carboxylic acids is 1. The molecule has 0 N–H and O–H groups in total. The number of rotatable bonds is 6. The molecule has 0 atom stereocenters. The van der Waals surface area contributed by atoms with Gasteiger partial charge in [0, 0.05) is 23.1 Å². The Morgan fingerprint density at radius 1 is 0.867 bits per heavy atom. The van der Waals surface area contributed by atoms with Crippen molar-refractivity contribution in [1.82, 2.24) is 3.97 Å². The Hall–Kier alpha value is -3.18. The number of para-hydroxylation sites is 1. The fourth-order valence-corrected chi connectivity index (χ4v) is 5.38. The van der Waals surface area contributed by atoms with Crippen LogP contribution in [-0.2, 0) is 21.2 Å². The minimum Gasteiger partial charge on any atom is -0.300 e. The number of aryl methyl sites for hydroxylation is 1. The summed E-state index contributed by atoms with van der Waals surface area (Å²) in [5.74, 6) is 0.0264. The summed E-state index contributed by atoms with van der Waals surface area (Å²) in [6, 6.07) is 24.1. The number of nitrogens with zero attached hydrogens (tertiary/aromatic N) is 1. The van der Waals surface area contributed by atoms with Gasteiger partial charge in [0.05, 0.1) is 10.4 Å². The molecule has 5 heteroatoms. The normalized spacial score (nSPS) is 11.7. The van der Waals surface area contributed by atoms with Crippen LogP contribution in [0, 0.1) is 6.92 Å². The quantitative estimate of drug-likeness (QED) is 0.423. The molecule has 0 saturated heterocycles. The summed E-state index contributed by atoms with van der Waals surface area (Å²) in [4.78, 5) is 12.0. The minimum atomic E-state index is -3.84. The van der Waals surface area contributed by atoms with Crippen molar-refractivity contribution in [3.05, 3.63) is 90.1 Å². The summed E-state index contributed by atoms with van der Waals surface area (Å²) in [7, 11) is -3.84. The van der Waals surface area contributed by atoms with Crippen LogP contribution in [0.5, 0.6) is 0 Å². The van der Waals surface area contributed by atoms with Crippen molar-refractivity contribution in [2.75, 3.05) is 0 Å². The van der Waals surface area contributed by atoms with E-state index in [0.29, 0.717) is 17.6 Å². The number of aromatic nitrogens is 1. The standard InChI is InChI=1S/C25H23NO3S/c1-18-12-15-21(16-13-18)30(28,29)26-23-11-7-6-10-22(23)25(20-8-4-3-5-9-20)24(26)17-14-19(2)27/h3-13,15-16H,14,17H2,1-2H3. The predicted molar refractivity (Wildman–Crippen MR) is 120 cm³/mol. The first-order valence-corrected chi connectivity index (χ1v) is 11.3. The van der Waals surface area contributed by atoms with Crippen LogP contribution in [0.1, 0.15) is 24.6 Å². The molecule has 0 amide bonds. The fourth-order valence-electron chi connectivity index (χ4n) is 3.80. The van der Waals surface area contributed by atoms with Gasteiger partial charge < -0.3 is 4.79 Å². The summed E-state index contributed by atoms with van der Waals surface area (Å²) in [6.07, 6.45) is 0.624. The van der Waals surface area contributed by atoms with E-state index in [4.69, 9.17) is 0 Å². The summed E-state index contributed by atoms with van der Waals surface area (Å²) in [6.45, 7) is 3.46. The van der Waals surface area contributed by atoms with Gasteiger partial charge >= 0.3 is 0 Å². The number of Topliss-reactive ketones (excluding diaryl/α,β-unsaturated/α-hetero) is 1. The van der Waals surface area contributed by atoms with Crippen LogP contribution >= 0.6 is 0 Å². The first kappa shape index (κ1) is 20.1. The zero-order chi connectivity index (χ0) is 21.3. The first-order chi connectivity index (χ1) is 14.4. The molecule has 0 spiro atoms. The summed E-state index contributed by atoms with van der Waals surface area (Å²) < 4.78 is 28.9. The third-order valence-electron chi connectivity index (χ3n) is 5.26. The van der Waals surface area contributed by atoms with Gasteiger partial charge in [0.25, 0.3) is 10.0 Å². The monoisotopic (exact) mass is 417 g/mol. The van der Waals surface area contributed by atoms with Crippen molar-refractivity contribution < 1.29 is 13.2 Å². The molecule has 152 valence electrons. The zero-order valence-corrected chi connectivity index (χ0v) is 17.8. The average Bonchev–Trinajstić information content (AvgIpc) is 3.08. The lowest BCUT2D eigenvalue weighted by Gasteiger charge is -2.13. The van der Waals surface area contributed by atoms with Gasteiger partial charge in [0.1, 0.15) is 5.78 Å². The second-order valence-corrected chi connectivity index (χ2v) is 9.28. The molecule has 0 radical (unpaired) electrons. The van der Waals surface area contributed by atoms with E-state index in [1.165, 1.54) is 10.9 Å². The maximum Gasteiger partial charge on any atom is 0.268 e. The number of carbonyl (C=O) groups is 1. The minimum absolute atomic E-state index is 0.0264. The molecular weight excluding hydrogens is 394 g/mol. The Bertz CT molecular complexity index is 1320. The van der Waals surface area contributed by atoms with E-state index in [0.717, 1.165) is 22.1 Å². The van der Waals surface area contributed by atoms with Crippen LogP contribution in [0.2, 0.25) is 0 Å². The predicted octanol–water partition coefficient (Wildman–Crippen LogP) is 5.38. The molecule has 0 aliphatic carbocycles. The van der Waals surface area contributed by atoms with Gasteiger partial charge in [0.15, 0.2) is 0 Å². The Kier molecular flexibility index (Phi) is 5.31. The molecule has 4 aromatic rings. The summed E-state index contributed by atoms with van der Waals surface area (Å²) in [5.41, 5.74) is 4.05. The highest BCUT2D eigenvalue weighted by Crippen LogP contribution is 2.38. The van der Waals surface area contributed by atoms with Crippen molar-refractivity contribution in [3.8, 4) is 11.1 Å². The lowest BCUT2D eigenvalue weighted by atomic mass is 9.99. The maximum absolute atomic E-state index is 13.7. The molecule has 30 heavy (non-hydrogen) atoms. The molecule has 0 bridgehead atoms. The van der Waals surface area contributed by atoms with Crippen LogP contribution < -0.4 is 0 Å². The third kappa shape index (κ3) is 3.57. The first-order valence-electron chi connectivity index (χ1n) is 9.89. The molecule has 0 aliphatic rings. The van der Waals surface area contributed by atoms with Gasteiger partial charge in [-0.2, -0.15) is 0 Å². The van der Waals surface area contributed by atoms with Gasteiger partial charge in [-0.05, 0) is 44.0 Å². The molecule has 4 rings (SSSR count). The third-order valence-corrected chi connectivity index (χ3v) is 7.03. The topological polar surface area (TPSA) is 56.1 Å². The van der Waals surface area contributed by atoms with Gasteiger partial charge in [-0.15, -0.1) is 0 Å². The van der Waals surface area contributed by atoms with E-state index < -0.39 is 10.0 Å². The molecule has 1 heterocycles. The van der Waals surface area contributed by atoms with E-state index >= 15 is 0 Å². The average molecular weight is 418 g/mol. The van der Waals surface area contributed by atoms with E-state index in [1.807, 2.05) is 61.5 Å². The van der Waals surface area contributed by atoms with Crippen molar-refractivity contribution in [2.24, 2.45) is 0 Å². The molecule has 0 aliphatic heterocycles. The van der Waals surface area contributed by atoms with Gasteiger partial charge in [-0.25, -0.2) is 12.4 Å². The van der Waals surface area contributed by atoms with Gasteiger partial charge in [-0.3, -0.25) is 0 Å². The Labute approximate surface area is 176 Å².